The minimum Gasteiger partial charge on any atom is -0.465 e. The van der Waals surface area contributed by atoms with Crippen LogP contribution in [0, 0.1) is 0 Å². The summed E-state index contributed by atoms with van der Waals surface area (Å²) in [7, 11) is 0. The highest BCUT2D eigenvalue weighted by Gasteiger charge is 2.30. The maximum absolute atomic E-state index is 13.2. The van der Waals surface area contributed by atoms with Crippen molar-refractivity contribution in [3.63, 3.8) is 0 Å². The molecule has 2 amide bonds. The van der Waals surface area contributed by atoms with Crippen LogP contribution in [0.25, 0.3) is 10.9 Å². The quantitative estimate of drug-likeness (QED) is 0.608. The highest BCUT2D eigenvalue weighted by molar-refractivity contribution is 6.36. The fourth-order valence-corrected chi connectivity index (χ4v) is 5.36. The molecule has 7 nitrogen and oxygen atoms in total. The summed E-state index contributed by atoms with van der Waals surface area (Å²) in [4.78, 5) is 37.0. The van der Waals surface area contributed by atoms with Crippen molar-refractivity contribution in [2.75, 3.05) is 19.6 Å². The van der Waals surface area contributed by atoms with Crippen LogP contribution < -0.4 is 0 Å². The van der Waals surface area contributed by atoms with Gasteiger partial charge in [-0.3, -0.25) is 14.8 Å². The lowest BCUT2D eigenvalue weighted by Crippen LogP contribution is -2.55. The zero-order chi connectivity index (χ0) is 23.1. The number of hydrogen-bond acceptors (Lipinski definition) is 4. The molecule has 1 saturated heterocycles. The lowest BCUT2D eigenvalue weighted by atomic mass is 9.84. The molecule has 0 bridgehead atoms. The highest BCUT2D eigenvalue weighted by atomic mass is 35.5. The van der Waals surface area contributed by atoms with E-state index in [1.54, 1.807) is 11.0 Å². The van der Waals surface area contributed by atoms with Gasteiger partial charge in [0.2, 0.25) is 0 Å². The molecule has 3 heterocycles. The average Bonchev–Trinajstić information content (AvgIpc) is 2.83. The zero-order valence-corrected chi connectivity index (χ0v) is 19.1. The van der Waals surface area contributed by atoms with Crippen molar-refractivity contribution >= 4 is 34.5 Å². The molecule has 1 aliphatic heterocycles. The minimum atomic E-state index is -0.951. The molecule has 2 aliphatic rings. The second kappa shape index (κ2) is 8.63. The Kier molecular flexibility index (Phi) is 5.66. The Morgan fingerprint density at radius 1 is 1.18 bits per heavy atom. The summed E-state index contributed by atoms with van der Waals surface area (Å²) in [5.41, 5.74) is 4.39. The summed E-state index contributed by atoms with van der Waals surface area (Å²) in [5.74, 6) is 0.187. The molecule has 1 fully saturated rings. The lowest BCUT2D eigenvalue weighted by molar-refractivity contribution is 0.0507. The lowest BCUT2D eigenvalue weighted by Gasteiger charge is -2.38. The number of hydrogen-bond donors (Lipinski definition) is 1. The standard InChI is InChI=1S/C25H25ClN4O3/c1-15-14-29(10-11-30(15)25(32)33)24(31)17-6-8-19-22(13-17)28-21-12-16(5-7-18(21)23(19)26)20-4-2-3-9-27-20/h2-4,6,8-9,13,15-16H,5,7,10-12,14H2,1H3,(H,32,33)/t15-,16?/m1/s1. The fraction of sp³-hybridized carbons (Fsp3) is 0.360. The predicted molar refractivity (Wildman–Crippen MR) is 126 cm³/mol. The first-order chi connectivity index (χ1) is 15.9. The Balaban J connectivity index is 1.43. The van der Waals surface area contributed by atoms with Gasteiger partial charge in [0.25, 0.3) is 5.91 Å². The van der Waals surface area contributed by atoms with Crippen molar-refractivity contribution < 1.29 is 14.7 Å². The van der Waals surface area contributed by atoms with Crippen LogP contribution in [0.1, 0.15) is 46.6 Å². The molecule has 3 aromatic rings. The van der Waals surface area contributed by atoms with E-state index < -0.39 is 6.09 Å². The van der Waals surface area contributed by atoms with E-state index in [2.05, 4.69) is 11.1 Å². The molecule has 0 radical (unpaired) electrons. The van der Waals surface area contributed by atoms with Gasteiger partial charge in [-0.05, 0) is 56.0 Å². The second-order valence-electron chi connectivity index (χ2n) is 8.85. The van der Waals surface area contributed by atoms with E-state index in [0.717, 1.165) is 46.6 Å². The topological polar surface area (TPSA) is 86.6 Å². The molecule has 0 spiro atoms. The molecule has 1 aromatic carbocycles. The number of nitrogens with zero attached hydrogens (tertiary/aromatic N) is 4. The first-order valence-corrected chi connectivity index (χ1v) is 11.6. The van der Waals surface area contributed by atoms with Crippen molar-refractivity contribution in [3.8, 4) is 0 Å². The molecule has 170 valence electrons. The normalized spacial score (nSPS) is 20.5. The Morgan fingerprint density at radius 2 is 2.03 bits per heavy atom. The van der Waals surface area contributed by atoms with Crippen LogP contribution in [-0.4, -0.2) is 62.6 Å². The van der Waals surface area contributed by atoms with Crippen molar-refractivity contribution in [1.82, 2.24) is 19.8 Å². The number of fused-ring (bicyclic) bond motifs is 2. The number of carbonyl (C=O) groups is 2. The predicted octanol–water partition coefficient (Wildman–Crippen LogP) is 4.38. The van der Waals surface area contributed by atoms with Crippen LogP contribution in [-0.2, 0) is 12.8 Å². The number of rotatable bonds is 2. The molecule has 33 heavy (non-hydrogen) atoms. The van der Waals surface area contributed by atoms with Gasteiger partial charge in [0.05, 0.1) is 10.5 Å². The third kappa shape index (κ3) is 4.02. The largest absolute Gasteiger partial charge is 0.465 e. The molecule has 5 rings (SSSR count). The Labute approximate surface area is 197 Å². The van der Waals surface area contributed by atoms with Gasteiger partial charge in [-0.15, -0.1) is 0 Å². The molecule has 1 N–H and O–H groups in total. The van der Waals surface area contributed by atoms with E-state index in [9.17, 15) is 14.7 Å². The van der Waals surface area contributed by atoms with Gasteiger partial charge in [0.15, 0.2) is 0 Å². The summed E-state index contributed by atoms with van der Waals surface area (Å²) in [6.45, 7) is 2.87. The summed E-state index contributed by atoms with van der Waals surface area (Å²) in [6, 6.07) is 11.2. The smallest absolute Gasteiger partial charge is 0.407 e. The van der Waals surface area contributed by atoms with Gasteiger partial charge in [-0.2, -0.15) is 0 Å². The SMILES string of the molecule is C[C@@H]1CN(C(=O)c2ccc3c(Cl)c4c(nc3c2)CC(c2ccccn2)CC4)CCN1C(=O)O. The minimum absolute atomic E-state index is 0.115. The van der Waals surface area contributed by atoms with Crippen molar-refractivity contribution in [1.29, 1.82) is 0 Å². The van der Waals surface area contributed by atoms with E-state index in [1.807, 2.05) is 37.4 Å². The molecule has 2 atom stereocenters. The molecule has 1 unspecified atom stereocenters. The van der Waals surface area contributed by atoms with Crippen LogP contribution >= 0.6 is 11.6 Å². The number of carboxylic acid groups (broad SMARTS) is 1. The average molecular weight is 465 g/mol. The van der Waals surface area contributed by atoms with E-state index in [-0.39, 0.29) is 11.9 Å². The number of amides is 2. The maximum Gasteiger partial charge on any atom is 0.407 e. The molecule has 2 aromatic heterocycles. The fourth-order valence-electron chi connectivity index (χ4n) is 5.00. The van der Waals surface area contributed by atoms with Crippen molar-refractivity contribution in [2.45, 2.75) is 38.1 Å². The summed E-state index contributed by atoms with van der Waals surface area (Å²) >= 11 is 6.79. The third-order valence-corrected chi connectivity index (χ3v) is 7.23. The second-order valence-corrected chi connectivity index (χ2v) is 9.23. The van der Waals surface area contributed by atoms with Crippen LogP contribution in [0.5, 0.6) is 0 Å². The highest BCUT2D eigenvalue weighted by Crippen LogP contribution is 2.37. The van der Waals surface area contributed by atoms with Gasteiger partial charge in [0.1, 0.15) is 0 Å². The molecule has 8 heteroatoms. The summed E-state index contributed by atoms with van der Waals surface area (Å²) < 4.78 is 0. The van der Waals surface area contributed by atoms with Gasteiger partial charge < -0.3 is 14.9 Å². The first-order valence-electron chi connectivity index (χ1n) is 11.2. The van der Waals surface area contributed by atoms with Crippen LogP contribution in [0.4, 0.5) is 4.79 Å². The van der Waals surface area contributed by atoms with Crippen molar-refractivity contribution in [2.24, 2.45) is 0 Å². The Bertz CT molecular complexity index is 1230. The molecular weight excluding hydrogens is 440 g/mol. The monoisotopic (exact) mass is 464 g/mol. The van der Waals surface area contributed by atoms with E-state index in [0.29, 0.717) is 36.6 Å². The van der Waals surface area contributed by atoms with Gasteiger partial charge in [-0.25, -0.2) is 4.79 Å². The molecule has 1 aliphatic carbocycles. The molecular formula is C25H25ClN4O3. The first kappa shape index (κ1) is 21.6. The number of pyridine rings is 2. The van der Waals surface area contributed by atoms with E-state index in [4.69, 9.17) is 16.6 Å². The van der Waals surface area contributed by atoms with Crippen LogP contribution in [0.2, 0.25) is 5.02 Å². The van der Waals surface area contributed by atoms with Gasteiger partial charge in [-0.1, -0.05) is 23.7 Å². The van der Waals surface area contributed by atoms with Crippen LogP contribution in [0.3, 0.4) is 0 Å². The Hall–Kier alpha value is -3.19. The number of aromatic nitrogens is 2. The summed E-state index contributed by atoms with van der Waals surface area (Å²) in [6.07, 6.45) is 3.47. The van der Waals surface area contributed by atoms with E-state index >= 15 is 0 Å². The maximum atomic E-state index is 13.2. The number of benzene rings is 1. The number of carbonyl (C=O) groups excluding carboxylic acids is 1. The Morgan fingerprint density at radius 3 is 2.76 bits per heavy atom. The van der Waals surface area contributed by atoms with Gasteiger partial charge >= 0.3 is 6.09 Å². The number of halogens is 1. The van der Waals surface area contributed by atoms with Crippen molar-refractivity contribution in [3.05, 3.63) is 70.1 Å². The number of piperazine rings is 1. The molecule has 0 saturated carbocycles. The van der Waals surface area contributed by atoms with Gasteiger partial charge in [0, 0.05) is 60.1 Å². The third-order valence-electron chi connectivity index (χ3n) is 6.80. The van der Waals surface area contributed by atoms with Crippen LogP contribution in [0.15, 0.2) is 42.6 Å². The zero-order valence-electron chi connectivity index (χ0n) is 18.4. The summed E-state index contributed by atoms with van der Waals surface area (Å²) in [5, 5.41) is 10.9. The van der Waals surface area contributed by atoms with E-state index in [1.165, 1.54) is 4.90 Å².